The summed E-state index contributed by atoms with van der Waals surface area (Å²) >= 11 is 5.96. The maximum atomic E-state index is 5.96. The van der Waals surface area contributed by atoms with Crippen LogP contribution in [0.2, 0.25) is 5.15 Å². The molecule has 0 saturated heterocycles. The Morgan fingerprint density at radius 3 is 2.71 bits per heavy atom. The number of anilines is 1. The van der Waals surface area contributed by atoms with Crippen LogP contribution >= 0.6 is 11.6 Å². The number of nitrogens with one attached hydrogen (secondary N) is 1. The lowest BCUT2D eigenvalue weighted by molar-refractivity contribution is 0.886. The highest BCUT2D eigenvalue weighted by atomic mass is 35.5. The molecule has 0 fully saturated rings. The van der Waals surface area contributed by atoms with E-state index in [4.69, 9.17) is 11.6 Å². The average Bonchev–Trinajstić information content (AvgIpc) is 2.28. The van der Waals surface area contributed by atoms with Crippen molar-refractivity contribution < 1.29 is 0 Å². The summed E-state index contributed by atoms with van der Waals surface area (Å²) in [6.45, 7) is 4.08. The second kappa shape index (κ2) is 5.10. The number of hydrogen-bond acceptors (Lipinski definition) is 4. The van der Waals surface area contributed by atoms with Gasteiger partial charge in [-0.3, -0.25) is 4.98 Å². The standard InChI is InChI=1S/C12H13ClN4/c1-8(2)15-11-7-10(13)16-12(17-11)9-5-3-4-6-14-9/h3-8H,1-2H3,(H,15,16,17). The lowest BCUT2D eigenvalue weighted by atomic mass is 10.3. The largest absolute Gasteiger partial charge is 0.368 e. The number of aromatic nitrogens is 3. The fraction of sp³-hybridized carbons (Fsp3) is 0.250. The molecular formula is C12H13ClN4. The molecule has 5 heteroatoms. The van der Waals surface area contributed by atoms with Gasteiger partial charge in [0.25, 0.3) is 0 Å². The van der Waals surface area contributed by atoms with Crippen molar-refractivity contribution in [3.8, 4) is 11.5 Å². The molecule has 1 N–H and O–H groups in total. The molecule has 2 aromatic heterocycles. The van der Waals surface area contributed by atoms with Crippen molar-refractivity contribution in [3.05, 3.63) is 35.6 Å². The van der Waals surface area contributed by atoms with E-state index in [1.54, 1.807) is 12.3 Å². The molecular weight excluding hydrogens is 236 g/mol. The van der Waals surface area contributed by atoms with E-state index < -0.39 is 0 Å². The molecule has 0 unspecified atom stereocenters. The average molecular weight is 249 g/mol. The fourth-order valence-corrected chi connectivity index (χ4v) is 1.58. The van der Waals surface area contributed by atoms with Gasteiger partial charge < -0.3 is 5.32 Å². The molecule has 88 valence electrons. The molecule has 0 aliphatic carbocycles. The zero-order chi connectivity index (χ0) is 12.3. The van der Waals surface area contributed by atoms with Crippen molar-refractivity contribution in [1.29, 1.82) is 0 Å². The minimum absolute atomic E-state index is 0.289. The van der Waals surface area contributed by atoms with Crippen molar-refractivity contribution in [2.75, 3.05) is 5.32 Å². The van der Waals surface area contributed by atoms with Gasteiger partial charge >= 0.3 is 0 Å². The summed E-state index contributed by atoms with van der Waals surface area (Å²) in [5, 5.41) is 3.60. The van der Waals surface area contributed by atoms with Crippen LogP contribution < -0.4 is 5.32 Å². The van der Waals surface area contributed by atoms with E-state index in [-0.39, 0.29) is 6.04 Å². The molecule has 17 heavy (non-hydrogen) atoms. The van der Waals surface area contributed by atoms with Crippen LogP contribution in [-0.2, 0) is 0 Å². The summed E-state index contributed by atoms with van der Waals surface area (Å²) in [5.74, 6) is 1.24. The molecule has 0 aromatic carbocycles. The summed E-state index contributed by atoms with van der Waals surface area (Å²) in [7, 11) is 0. The van der Waals surface area contributed by atoms with Crippen LogP contribution in [-0.4, -0.2) is 21.0 Å². The zero-order valence-electron chi connectivity index (χ0n) is 9.68. The first-order chi connectivity index (χ1) is 8.15. The predicted octanol–water partition coefficient (Wildman–Crippen LogP) is 3.01. The second-order valence-corrected chi connectivity index (χ2v) is 4.30. The first-order valence-electron chi connectivity index (χ1n) is 5.37. The Hall–Kier alpha value is -1.68. The molecule has 0 aliphatic rings. The Morgan fingerprint density at radius 1 is 1.24 bits per heavy atom. The van der Waals surface area contributed by atoms with Crippen LogP contribution in [0.25, 0.3) is 11.5 Å². The fourth-order valence-electron chi connectivity index (χ4n) is 1.40. The van der Waals surface area contributed by atoms with Crippen LogP contribution in [0.5, 0.6) is 0 Å². The van der Waals surface area contributed by atoms with Crippen LogP contribution in [0.3, 0.4) is 0 Å². The van der Waals surface area contributed by atoms with Gasteiger partial charge in [-0.15, -0.1) is 0 Å². The van der Waals surface area contributed by atoms with Gasteiger partial charge in [0.15, 0.2) is 5.82 Å². The third-order valence-corrected chi connectivity index (χ3v) is 2.22. The number of nitrogens with zero attached hydrogens (tertiary/aromatic N) is 3. The minimum atomic E-state index is 0.289. The SMILES string of the molecule is CC(C)Nc1cc(Cl)nc(-c2ccccn2)n1. The molecule has 2 rings (SSSR count). The van der Waals surface area contributed by atoms with E-state index >= 15 is 0 Å². The van der Waals surface area contributed by atoms with Crippen LogP contribution in [0.1, 0.15) is 13.8 Å². The summed E-state index contributed by atoms with van der Waals surface area (Å²) in [6, 6.07) is 7.58. The summed E-state index contributed by atoms with van der Waals surface area (Å²) in [5.41, 5.74) is 0.710. The molecule has 0 spiro atoms. The third-order valence-electron chi connectivity index (χ3n) is 2.03. The van der Waals surface area contributed by atoms with Crippen molar-refractivity contribution in [2.24, 2.45) is 0 Å². The van der Waals surface area contributed by atoms with Gasteiger partial charge in [0.05, 0.1) is 0 Å². The van der Waals surface area contributed by atoms with E-state index in [0.717, 1.165) is 0 Å². The second-order valence-electron chi connectivity index (χ2n) is 3.91. The van der Waals surface area contributed by atoms with Gasteiger partial charge in [0.1, 0.15) is 16.7 Å². The topological polar surface area (TPSA) is 50.7 Å². The first-order valence-corrected chi connectivity index (χ1v) is 5.75. The summed E-state index contributed by atoms with van der Waals surface area (Å²) in [6.07, 6.45) is 1.70. The third kappa shape index (κ3) is 3.14. The van der Waals surface area contributed by atoms with E-state index in [0.29, 0.717) is 22.5 Å². The lowest BCUT2D eigenvalue weighted by Crippen LogP contribution is -2.11. The molecule has 0 amide bonds. The molecule has 0 saturated carbocycles. The summed E-state index contributed by atoms with van der Waals surface area (Å²) < 4.78 is 0. The molecule has 2 aromatic rings. The highest BCUT2D eigenvalue weighted by Crippen LogP contribution is 2.18. The number of halogens is 1. The van der Waals surface area contributed by atoms with E-state index in [2.05, 4.69) is 20.3 Å². The molecule has 4 nitrogen and oxygen atoms in total. The smallest absolute Gasteiger partial charge is 0.181 e. The lowest BCUT2D eigenvalue weighted by Gasteiger charge is -2.10. The Bertz CT molecular complexity index is 499. The number of pyridine rings is 1. The minimum Gasteiger partial charge on any atom is -0.368 e. The van der Waals surface area contributed by atoms with Crippen LogP contribution in [0.4, 0.5) is 5.82 Å². The number of rotatable bonds is 3. The Labute approximate surface area is 105 Å². The van der Waals surface area contributed by atoms with Crippen LogP contribution in [0.15, 0.2) is 30.5 Å². The predicted molar refractivity (Wildman–Crippen MR) is 69.0 cm³/mol. The molecule has 0 bridgehead atoms. The van der Waals surface area contributed by atoms with Gasteiger partial charge in [0, 0.05) is 18.3 Å². The molecule has 0 radical (unpaired) electrons. The maximum Gasteiger partial charge on any atom is 0.181 e. The van der Waals surface area contributed by atoms with E-state index in [9.17, 15) is 0 Å². The van der Waals surface area contributed by atoms with Gasteiger partial charge in [-0.05, 0) is 26.0 Å². The highest BCUT2D eigenvalue weighted by Gasteiger charge is 2.07. The van der Waals surface area contributed by atoms with Gasteiger partial charge in [-0.2, -0.15) is 0 Å². The zero-order valence-corrected chi connectivity index (χ0v) is 10.4. The van der Waals surface area contributed by atoms with Crippen molar-refractivity contribution in [3.63, 3.8) is 0 Å². The van der Waals surface area contributed by atoms with Gasteiger partial charge in [-0.25, -0.2) is 9.97 Å². The van der Waals surface area contributed by atoms with Gasteiger partial charge in [-0.1, -0.05) is 17.7 Å². The Balaban J connectivity index is 2.38. The van der Waals surface area contributed by atoms with E-state index in [1.807, 2.05) is 32.0 Å². The van der Waals surface area contributed by atoms with Crippen molar-refractivity contribution in [1.82, 2.24) is 15.0 Å². The Kier molecular flexibility index (Phi) is 3.54. The highest BCUT2D eigenvalue weighted by molar-refractivity contribution is 6.29. The molecule has 2 heterocycles. The normalized spacial score (nSPS) is 10.6. The Morgan fingerprint density at radius 2 is 2.06 bits per heavy atom. The number of hydrogen-bond donors (Lipinski definition) is 1. The maximum absolute atomic E-state index is 5.96. The van der Waals surface area contributed by atoms with Crippen molar-refractivity contribution in [2.45, 2.75) is 19.9 Å². The molecule has 0 atom stereocenters. The quantitative estimate of drug-likeness (QED) is 0.849. The van der Waals surface area contributed by atoms with Crippen LogP contribution in [0, 0.1) is 0 Å². The molecule has 0 aliphatic heterocycles. The summed E-state index contributed by atoms with van der Waals surface area (Å²) in [4.78, 5) is 12.7. The first kappa shape index (κ1) is 11.8. The van der Waals surface area contributed by atoms with E-state index in [1.165, 1.54) is 0 Å². The van der Waals surface area contributed by atoms with Crippen molar-refractivity contribution >= 4 is 17.4 Å². The van der Waals surface area contributed by atoms with Gasteiger partial charge in [0.2, 0.25) is 0 Å². The monoisotopic (exact) mass is 248 g/mol.